The number of aromatic nitrogens is 2. The molecule has 2 aromatic carbocycles. The van der Waals surface area contributed by atoms with E-state index in [1.807, 2.05) is 0 Å². The van der Waals surface area contributed by atoms with Crippen LogP contribution in [0.2, 0.25) is 0 Å². The minimum absolute atomic E-state index is 0.0595. The minimum atomic E-state index is -5.05. The summed E-state index contributed by atoms with van der Waals surface area (Å²) in [4.78, 5) is 12.5. The first-order chi connectivity index (χ1) is 14.4. The number of benzene rings is 2. The van der Waals surface area contributed by atoms with Gasteiger partial charge in [-0.05, 0) is 58.4 Å². The second-order valence-electron chi connectivity index (χ2n) is 6.17. The zero-order chi connectivity index (χ0) is 23.0. The lowest BCUT2D eigenvalue weighted by atomic mass is 10.2. The molecule has 31 heavy (non-hydrogen) atoms. The van der Waals surface area contributed by atoms with E-state index in [1.165, 1.54) is 25.3 Å². The number of carbonyl (C=O) groups excluding carboxylic acids is 1. The van der Waals surface area contributed by atoms with Crippen LogP contribution >= 0.6 is 15.9 Å². The molecule has 3 rings (SSSR count). The molecule has 164 valence electrons. The number of ether oxygens (including phenoxy) is 1. The molecule has 0 spiro atoms. The van der Waals surface area contributed by atoms with Crippen LogP contribution in [0, 0.1) is 0 Å². The van der Waals surface area contributed by atoms with Crippen LogP contribution in [0.1, 0.15) is 21.7 Å². The van der Waals surface area contributed by atoms with Gasteiger partial charge in [-0.15, -0.1) is 0 Å². The van der Waals surface area contributed by atoms with Gasteiger partial charge in [-0.1, -0.05) is 0 Å². The van der Waals surface area contributed by atoms with Crippen LogP contribution in [-0.2, 0) is 12.4 Å². The van der Waals surface area contributed by atoms with Crippen molar-refractivity contribution in [1.82, 2.24) is 9.78 Å². The average Bonchev–Trinajstić information content (AvgIpc) is 3.15. The Morgan fingerprint density at radius 2 is 1.65 bits per heavy atom. The molecule has 0 fully saturated rings. The first-order valence-corrected chi connectivity index (χ1v) is 9.19. The first kappa shape index (κ1) is 22.7. The number of alkyl halides is 6. The van der Waals surface area contributed by atoms with Crippen molar-refractivity contribution in [2.45, 2.75) is 12.4 Å². The van der Waals surface area contributed by atoms with Gasteiger partial charge in [0.25, 0.3) is 5.91 Å². The number of nitrogens with one attached hydrogen (secondary N) is 1. The van der Waals surface area contributed by atoms with Crippen LogP contribution in [0.15, 0.2) is 53.0 Å². The minimum Gasteiger partial charge on any atom is -0.497 e. The molecule has 0 aliphatic carbocycles. The van der Waals surface area contributed by atoms with Crippen molar-refractivity contribution in [3.63, 3.8) is 0 Å². The molecule has 5 nitrogen and oxygen atoms in total. The lowest BCUT2D eigenvalue weighted by molar-refractivity contribution is -0.143. The Morgan fingerprint density at radius 1 is 1.00 bits per heavy atom. The number of rotatable bonds is 4. The molecular formula is C19H12BrF6N3O2. The number of hydrogen-bond donors (Lipinski definition) is 1. The van der Waals surface area contributed by atoms with Crippen LogP contribution in [-0.4, -0.2) is 22.8 Å². The fourth-order valence-electron chi connectivity index (χ4n) is 2.61. The number of nitrogens with zero attached hydrogens (tertiary/aromatic N) is 2. The summed E-state index contributed by atoms with van der Waals surface area (Å²) in [5.41, 5.74) is -3.05. The maximum absolute atomic E-state index is 13.2. The molecule has 0 saturated heterocycles. The summed E-state index contributed by atoms with van der Waals surface area (Å²) in [5.74, 6) is -0.101. The predicted molar refractivity (Wildman–Crippen MR) is 102 cm³/mol. The largest absolute Gasteiger partial charge is 0.497 e. The maximum Gasteiger partial charge on any atom is 0.435 e. The Kier molecular flexibility index (Phi) is 6.03. The highest BCUT2D eigenvalue weighted by atomic mass is 79.9. The van der Waals surface area contributed by atoms with Gasteiger partial charge < -0.3 is 10.1 Å². The molecule has 0 aliphatic rings. The van der Waals surface area contributed by atoms with Crippen molar-refractivity contribution in [1.29, 1.82) is 0 Å². The highest BCUT2D eigenvalue weighted by Crippen LogP contribution is 2.36. The topological polar surface area (TPSA) is 56.1 Å². The number of anilines is 1. The number of amides is 1. The van der Waals surface area contributed by atoms with E-state index in [0.29, 0.717) is 10.2 Å². The van der Waals surface area contributed by atoms with Crippen LogP contribution in [0.4, 0.5) is 32.0 Å². The van der Waals surface area contributed by atoms with Crippen LogP contribution in [0.3, 0.4) is 0 Å². The third-order valence-electron chi connectivity index (χ3n) is 4.08. The summed E-state index contributed by atoms with van der Waals surface area (Å²) >= 11 is 3.23. The van der Waals surface area contributed by atoms with Crippen LogP contribution < -0.4 is 10.1 Å². The van der Waals surface area contributed by atoms with E-state index in [-0.39, 0.29) is 27.7 Å². The molecule has 0 atom stereocenters. The summed E-state index contributed by atoms with van der Waals surface area (Å²) in [6.07, 6.45) is -10.1. The standard InChI is InChI=1S/C19H12BrF6N3O2/c1-31-12-6-7-14(20)13(8-12)17(30)27-10-2-4-11(5-3-10)29-16(19(24,25)26)9-15(28-29)18(21,22)23/h2-9H,1H3,(H,27,30). The fraction of sp³-hybridized carbons (Fsp3) is 0.158. The van der Waals surface area contributed by atoms with Gasteiger partial charge in [-0.3, -0.25) is 4.79 Å². The van der Waals surface area contributed by atoms with Gasteiger partial charge in [0.1, 0.15) is 11.4 Å². The Labute approximate surface area is 179 Å². The molecule has 0 unspecified atom stereocenters. The molecule has 1 amide bonds. The lowest BCUT2D eigenvalue weighted by Crippen LogP contribution is -2.14. The fourth-order valence-corrected chi connectivity index (χ4v) is 3.03. The van der Waals surface area contributed by atoms with Gasteiger partial charge in [0.2, 0.25) is 0 Å². The van der Waals surface area contributed by atoms with E-state index < -0.39 is 29.6 Å². The van der Waals surface area contributed by atoms with Crippen LogP contribution in [0.5, 0.6) is 5.75 Å². The highest BCUT2D eigenvalue weighted by molar-refractivity contribution is 9.10. The number of hydrogen-bond acceptors (Lipinski definition) is 3. The number of methoxy groups -OCH3 is 1. The van der Waals surface area contributed by atoms with E-state index in [0.717, 1.165) is 12.1 Å². The Bertz CT molecular complexity index is 1110. The van der Waals surface area contributed by atoms with E-state index in [2.05, 4.69) is 26.3 Å². The van der Waals surface area contributed by atoms with Crippen molar-refractivity contribution in [2.24, 2.45) is 0 Å². The Morgan fingerprint density at radius 3 is 2.19 bits per heavy atom. The van der Waals surface area contributed by atoms with Gasteiger partial charge in [0.05, 0.1) is 18.4 Å². The Balaban J connectivity index is 1.89. The van der Waals surface area contributed by atoms with E-state index in [4.69, 9.17) is 4.74 Å². The SMILES string of the molecule is COc1ccc(Br)c(C(=O)Nc2ccc(-n3nc(C(F)(F)F)cc3C(F)(F)F)cc2)c1. The number of carbonyl (C=O) groups is 1. The van der Waals surface area contributed by atoms with Crippen molar-refractivity contribution < 1.29 is 35.9 Å². The predicted octanol–water partition coefficient (Wildman–Crippen LogP) is 5.93. The summed E-state index contributed by atoms with van der Waals surface area (Å²) in [6.45, 7) is 0. The van der Waals surface area contributed by atoms with Crippen molar-refractivity contribution >= 4 is 27.5 Å². The van der Waals surface area contributed by atoms with E-state index >= 15 is 0 Å². The van der Waals surface area contributed by atoms with E-state index in [9.17, 15) is 31.1 Å². The third kappa shape index (κ3) is 5.01. The van der Waals surface area contributed by atoms with Gasteiger partial charge in [0, 0.05) is 16.2 Å². The third-order valence-corrected chi connectivity index (χ3v) is 4.77. The van der Waals surface area contributed by atoms with Crippen molar-refractivity contribution in [3.8, 4) is 11.4 Å². The van der Waals surface area contributed by atoms with Gasteiger partial charge in [0.15, 0.2) is 5.69 Å². The molecule has 0 aliphatic heterocycles. The maximum atomic E-state index is 13.2. The summed E-state index contributed by atoms with van der Waals surface area (Å²) in [5, 5.41) is 5.60. The molecule has 0 bridgehead atoms. The zero-order valence-corrected chi connectivity index (χ0v) is 17.1. The first-order valence-electron chi connectivity index (χ1n) is 8.40. The molecule has 1 aromatic heterocycles. The molecular weight excluding hydrogens is 496 g/mol. The molecule has 3 aromatic rings. The summed E-state index contributed by atoms with van der Waals surface area (Å²) < 4.78 is 83.7. The molecule has 1 N–H and O–H groups in total. The van der Waals surface area contributed by atoms with Gasteiger partial charge in [-0.25, -0.2) is 4.68 Å². The zero-order valence-electron chi connectivity index (χ0n) is 15.5. The quantitative estimate of drug-likeness (QED) is 0.445. The van der Waals surface area contributed by atoms with Gasteiger partial charge >= 0.3 is 12.4 Å². The number of halogens is 7. The molecule has 1 heterocycles. The molecule has 12 heteroatoms. The lowest BCUT2D eigenvalue weighted by Gasteiger charge is -2.12. The molecule has 0 saturated carbocycles. The van der Waals surface area contributed by atoms with E-state index in [1.54, 1.807) is 12.1 Å². The second kappa shape index (κ2) is 8.25. The summed E-state index contributed by atoms with van der Waals surface area (Å²) in [7, 11) is 1.43. The van der Waals surface area contributed by atoms with Crippen LogP contribution in [0.25, 0.3) is 5.69 Å². The molecule has 0 radical (unpaired) electrons. The smallest absolute Gasteiger partial charge is 0.435 e. The van der Waals surface area contributed by atoms with Crippen molar-refractivity contribution in [2.75, 3.05) is 12.4 Å². The monoisotopic (exact) mass is 507 g/mol. The summed E-state index contributed by atoms with van der Waals surface area (Å²) in [6, 6.07) is 9.37. The second-order valence-corrected chi connectivity index (χ2v) is 7.02. The highest BCUT2D eigenvalue weighted by Gasteiger charge is 2.42. The Hall–Kier alpha value is -3.02. The average molecular weight is 508 g/mol. The van der Waals surface area contributed by atoms with Crippen molar-refractivity contribution in [3.05, 3.63) is 70.0 Å². The normalized spacial score (nSPS) is 12.0. The van der Waals surface area contributed by atoms with Gasteiger partial charge in [-0.2, -0.15) is 31.4 Å².